The molecule has 31 heavy (non-hydrogen) atoms. The third kappa shape index (κ3) is 4.62. The van der Waals surface area contributed by atoms with E-state index in [1.54, 1.807) is 11.6 Å². The van der Waals surface area contributed by atoms with Gasteiger partial charge in [0, 0.05) is 16.5 Å². The number of fused-ring (bicyclic) bond motifs is 1. The number of carbonyl (C=O) groups is 1. The molecule has 0 saturated carbocycles. The SMILES string of the molecule is CCOC(=O)C1=C(C)Nc2nc(SCc3ccc(Cl)cc3)nn2[C@@H]1c1ccc(C)cc1. The molecule has 0 radical (unpaired) electrons. The number of thioether (sulfide) groups is 1. The van der Waals surface area contributed by atoms with Gasteiger partial charge in [-0.2, -0.15) is 4.98 Å². The molecular weight excluding hydrogens is 432 g/mol. The fourth-order valence-electron chi connectivity index (χ4n) is 3.45. The zero-order valence-corrected chi connectivity index (χ0v) is 19.1. The van der Waals surface area contributed by atoms with Crippen molar-refractivity contribution in [2.75, 3.05) is 11.9 Å². The van der Waals surface area contributed by atoms with Gasteiger partial charge in [-0.1, -0.05) is 65.3 Å². The first-order valence-corrected chi connectivity index (χ1v) is 11.4. The van der Waals surface area contributed by atoms with Crippen LogP contribution in [0.4, 0.5) is 5.95 Å². The summed E-state index contributed by atoms with van der Waals surface area (Å²) in [5, 5.41) is 9.30. The van der Waals surface area contributed by atoms with E-state index in [4.69, 9.17) is 21.4 Å². The van der Waals surface area contributed by atoms with Crippen molar-refractivity contribution in [2.24, 2.45) is 0 Å². The third-order valence-corrected chi connectivity index (χ3v) is 6.16. The zero-order chi connectivity index (χ0) is 22.0. The molecule has 0 bridgehead atoms. The molecule has 0 amide bonds. The average molecular weight is 455 g/mol. The van der Waals surface area contributed by atoms with Crippen molar-refractivity contribution in [1.29, 1.82) is 0 Å². The van der Waals surface area contributed by atoms with Gasteiger partial charge < -0.3 is 10.1 Å². The van der Waals surface area contributed by atoms with Crippen molar-refractivity contribution < 1.29 is 9.53 Å². The Morgan fingerprint density at radius 3 is 2.55 bits per heavy atom. The lowest BCUT2D eigenvalue weighted by molar-refractivity contribution is -0.139. The number of aryl methyl sites for hydroxylation is 1. The van der Waals surface area contributed by atoms with E-state index < -0.39 is 6.04 Å². The second kappa shape index (κ2) is 9.16. The first kappa shape index (κ1) is 21.5. The second-order valence-electron chi connectivity index (χ2n) is 7.28. The topological polar surface area (TPSA) is 69.0 Å². The molecule has 6 nitrogen and oxygen atoms in total. The van der Waals surface area contributed by atoms with E-state index in [0.29, 0.717) is 34.1 Å². The molecule has 2 heterocycles. The van der Waals surface area contributed by atoms with Gasteiger partial charge in [0.25, 0.3) is 0 Å². The van der Waals surface area contributed by atoms with Crippen LogP contribution in [0.3, 0.4) is 0 Å². The Kier molecular flexibility index (Phi) is 6.34. The number of nitrogens with zero attached hydrogens (tertiary/aromatic N) is 3. The summed E-state index contributed by atoms with van der Waals surface area (Å²) < 4.78 is 7.12. The van der Waals surface area contributed by atoms with Gasteiger partial charge in [0.15, 0.2) is 0 Å². The van der Waals surface area contributed by atoms with E-state index in [1.165, 1.54) is 11.8 Å². The Bertz CT molecular complexity index is 1120. The summed E-state index contributed by atoms with van der Waals surface area (Å²) >= 11 is 7.50. The van der Waals surface area contributed by atoms with Crippen LogP contribution in [0.1, 0.15) is 36.6 Å². The fraction of sp³-hybridized carbons (Fsp3) is 0.261. The molecule has 1 aliphatic rings. The monoisotopic (exact) mass is 454 g/mol. The van der Waals surface area contributed by atoms with Crippen LogP contribution in [-0.4, -0.2) is 27.3 Å². The predicted molar refractivity (Wildman–Crippen MR) is 123 cm³/mol. The molecule has 160 valence electrons. The van der Waals surface area contributed by atoms with E-state index in [9.17, 15) is 4.79 Å². The number of aromatic nitrogens is 3. The van der Waals surface area contributed by atoms with Crippen molar-refractivity contribution in [1.82, 2.24) is 14.8 Å². The number of hydrogen-bond acceptors (Lipinski definition) is 6. The molecule has 0 saturated heterocycles. The van der Waals surface area contributed by atoms with Crippen LogP contribution in [-0.2, 0) is 15.3 Å². The minimum Gasteiger partial charge on any atom is -0.463 e. The first-order valence-electron chi connectivity index (χ1n) is 10.0. The minimum absolute atomic E-state index is 0.308. The number of halogens is 1. The number of benzene rings is 2. The Balaban J connectivity index is 1.67. The van der Waals surface area contributed by atoms with E-state index in [-0.39, 0.29) is 5.97 Å². The van der Waals surface area contributed by atoms with Crippen molar-refractivity contribution in [3.05, 3.63) is 81.5 Å². The predicted octanol–water partition coefficient (Wildman–Crippen LogP) is 5.38. The number of ether oxygens (including phenoxy) is 1. The second-order valence-corrected chi connectivity index (χ2v) is 8.65. The van der Waals surface area contributed by atoms with Crippen LogP contribution in [0, 0.1) is 6.92 Å². The summed E-state index contributed by atoms with van der Waals surface area (Å²) in [5.74, 6) is 0.969. The lowest BCUT2D eigenvalue weighted by Crippen LogP contribution is -2.29. The van der Waals surface area contributed by atoms with Gasteiger partial charge in [-0.25, -0.2) is 9.48 Å². The molecular formula is C23H23ClN4O2S. The maximum atomic E-state index is 12.8. The van der Waals surface area contributed by atoms with Crippen LogP contribution >= 0.6 is 23.4 Å². The largest absolute Gasteiger partial charge is 0.463 e. The Labute approximate surface area is 190 Å². The molecule has 4 rings (SSSR count). The Hall–Kier alpha value is -2.77. The van der Waals surface area contributed by atoms with E-state index in [2.05, 4.69) is 10.3 Å². The van der Waals surface area contributed by atoms with Crippen LogP contribution in [0.2, 0.25) is 5.02 Å². The molecule has 0 fully saturated rings. The quantitative estimate of drug-likeness (QED) is 0.398. The van der Waals surface area contributed by atoms with Crippen molar-refractivity contribution in [3.8, 4) is 0 Å². The van der Waals surface area contributed by atoms with Crippen LogP contribution < -0.4 is 5.32 Å². The molecule has 2 aromatic carbocycles. The van der Waals surface area contributed by atoms with Crippen LogP contribution in [0.5, 0.6) is 0 Å². The number of esters is 1. The number of anilines is 1. The Morgan fingerprint density at radius 2 is 1.87 bits per heavy atom. The average Bonchev–Trinajstić information content (AvgIpc) is 3.15. The highest BCUT2D eigenvalue weighted by Gasteiger charge is 2.35. The minimum atomic E-state index is -0.409. The van der Waals surface area contributed by atoms with E-state index in [0.717, 1.165) is 22.4 Å². The summed E-state index contributed by atoms with van der Waals surface area (Å²) in [5.41, 5.74) is 4.49. The maximum absolute atomic E-state index is 12.8. The molecule has 8 heteroatoms. The standard InChI is InChI=1S/C23H23ClN4O2S/c1-4-30-21(29)19-15(3)25-22-26-23(31-13-16-7-11-18(24)12-8-16)27-28(22)20(19)17-9-5-14(2)6-10-17/h5-12,20H,4,13H2,1-3H3,(H,25,26,27)/t20-/m1/s1. The van der Waals surface area contributed by atoms with Crippen LogP contribution in [0.15, 0.2) is 65.0 Å². The molecule has 1 atom stereocenters. The number of nitrogens with one attached hydrogen (secondary N) is 1. The van der Waals surface area contributed by atoms with Gasteiger partial charge in [-0.15, -0.1) is 5.10 Å². The molecule has 0 aliphatic carbocycles. The summed E-state index contributed by atoms with van der Waals surface area (Å²) in [6, 6.07) is 15.4. The smallest absolute Gasteiger partial charge is 0.338 e. The number of allylic oxidation sites excluding steroid dienone is 1. The summed E-state index contributed by atoms with van der Waals surface area (Å²) in [7, 11) is 0. The summed E-state index contributed by atoms with van der Waals surface area (Å²) in [6.45, 7) is 6.01. The maximum Gasteiger partial charge on any atom is 0.338 e. The van der Waals surface area contributed by atoms with Gasteiger partial charge in [0.05, 0.1) is 12.2 Å². The number of hydrogen-bond donors (Lipinski definition) is 1. The number of rotatable bonds is 6. The van der Waals surface area contributed by atoms with Gasteiger partial charge in [-0.05, 0) is 44.0 Å². The van der Waals surface area contributed by atoms with Crippen molar-refractivity contribution >= 4 is 35.3 Å². The zero-order valence-electron chi connectivity index (χ0n) is 17.6. The van der Waals surface area contributed by atoms with Gasteiger partial charge in [0.1, 0.15) is 6.04 Å². The molecule has 1 aromatic heterocycles. The fourth-order valence-corrected chi connectivity index (χ4v) is 4.36. The highest BCUT2D eigenvalue weighted by Crippen LogP contribution is 2.37. The van der Waals surface area contributed by atoms with Gasteiger partial charge in [0.2, 0.25) is 11.1 Å². The van der Waals surface area contributed by atoms with Crippen LogP contribution in [0.25, 0.3) is 0 Å². The molecule has 1 N–H and O–H groups in total. The highest BCUT2D eigenvalue weighted by atomic mass is 35.5. The van der Waals surface area contributed by atoms with Crippen molar-refractivity contribution in [3.63, 3.8) is 0 Å². The van der Waals surface area contributed by atoms with Gasteiger partial charge >= 0.3 is 5.97 Å². The number of carbonyl (C=O) groups excluding carboxylic acids is 1. The highest BCUT2D eigenvalue weighted by molar-refractivity contribution is 7.98. The lowest BCUT2D eigenvalue weighted by atomic mass is 9.95. The molecule has 0 unspecified atom stereocenters. The Morgan fingerprint density at radius 1 is 1.16 bits per heavy atom. The normalized spacial score (nSPS) is 15.4. The van der Waals surface area contributed by atoms with E-state index >= 15 is 0 Å². The molecule has 0 spiro atoms. The lowest BCUT2D eigenvalue weighted by Gasteiger charge is -2.28. The van der Waals surface area contributed by atoms with Crippen molar-refractivity contribution in [2.45, 2.75) is 37.7 Å². The first-order chi connectivity index (χ1) is 15.0. The molecule has 1 aliphatic heterocycles. The summed E-state index contributed by atoms with van der Waals surface area (Å²) in [6.07, 6.45) is 0. The van der Waals surface area contributed by atoms with E-state index in [1.807, 2.05) is 62.4 Å². The van der Waals surface area contributed by atoms with Gasteiger partial charge in [-0.3, -0.25) is 0 Å². The third-order valence-electron chi connectivity index (χ3n) is 5.00. The molecule has 3 aromatic rings. The summed E-state index contributed by atoms with van der Waals surface area (Å²) in [4.78, 5) is 17.5.